The van der Waals surface area contributed by atoms with Crippen molar-refractivity contribution in [1.29, 1.82) is 0 Å². The molecule has 0 radical (unpaired) electrons. The van der Waals surface area contributed by atoms with Crippen molar-refractivity contribution in [3.8, 4) is 0 Å². The highest BCUT2D eigenvalue weighted by Gasteiger charge is 2.51. The van der Waals surface area contributed by atoms with Crippen LogP contribution in [0.15, 0.2) is 0 Å². The van der Waals surface area contributed by atoms with Gasteiger partial charge < -0.3 is 9.84 Å². The van der Waals surface area contributed by atoms with E-state index in [-0.39, 0.29) is 17.3 Å². The van der Waals surface area contributed by atoms with Crippen LogP contribution in [-0.4, -0.2) is 23.6 Å². The summed E-state index contributed by atoms with van der Waals surface area (Å²) in [6.45, 7) is 4.16. The van der Waals surface area contributed by atoms with Gasteiger partial charge in [-0.2, -0.15) is 0 Å². The Balaban J connectivity index is 0.000000310. The van der Waals surface area contributed by atoms with Crippen LogP contribution in [0.2, 0.25) is 0 Å². The molecule has 13 heavy (non-hydrogen) atoms. The molecular weight excluding hydrogens is 196 g/mol. The zero-order valence-electron chi connectivity index (χ0n) is 7.83. The Morgan fingerprint density at radius 1 is 1.54 bits per heavy atom. The van der Waals surface area contributed by atoms with Gasteiger partial charge in [0, 0.05) is 11.6 Å². The van der Waals surface area contributed by atoms with Crippen molar-refractivity contribution >= 4 is 23.0 Å². The average molecular weight is 209 g/mol. The third kappa shape index (κ3) is 4.72. The van der Waals surface area contributed by atoms with Crippen LogP contribution in [0.1, 0.15) is 20.3 Å². The quantitative estimate of drug-likeness (QED) is 0.530. The molecule has 0 heterocycles. The summed E-state index contributed by atoms with van der Waals surface area (Å²) < 4.78 is 4.57. The molecule has 5 heteroatoms. The van der Waals surface area contributed by atoms with Gasteiger partial charge >= 0.3 is 11.4 Å². The molecule has 0 spiro atoms. The van der Waals surface area contributed by atoms with Crippen LogP contribution in [0.3, 0.4) is 0 Å². The highest BCUT2D eigenvalue weighted by molar-refractivity contribution is 6.60. The Labute approximate surface area is 81.8 Å². The molecule has 0 amide bonds. The molecular formula is C8H13ClO4. The van der Waals surface area contributed by atoms with Gasteiger partial charge in [-0.15, -0.1) is 0 Å². The second-order valence-corrected chi connectivity index (χ2v) is 3.84. The third-order valence-electron chi connectivity index (χ3n) is 2.00. The summed E-state index contributed by atoms with van der Waals surface area (Å²) in [5.41, 5.74) is -1.15. The first-order valence-corrected chi connectivity index (χ1v) is 4.15. The van der Waals surface area contributed by atoms with E-state index in [1.165, 1.54) is 7.11 Å². The first kappa shape index (κ1) is 12.2. The summed E-state index contributed by atoms with van der Waals surface area (Å²) in [6.07, 6.45) is 0.986. The molecule has 0 aromatic heterocycles. The number of hydrogen-bond donors (Lipinski definition) is 1. The third-order valence-corrected chi connectivity index (χ3v) is 2.00. The number of rotatable bonds is 1. The van der Waals surface area contributed by atoms with Crippen LogP contribution in [0.5, 0.6) is 0 Å². The van der Waals surface area contributed by atoms with E-state index in [1.807, 2.05) is 0 Å². The second-order valence-electron chi connectivity index (χ2n) is 3.52. The Kier molecular flexibility index (Phi) is 4.20. The van der Waals surface area contributed by atoms with Gasteiger partial charge in [-0.05, 0) is 11.8 Å². The lowest BCUT2D eigenvalue weighted by atomic mass is 10.1. The fourth-order valence-electron chi connectivity index (χ4n) is 1.01. The minimum Gasteiger partial charge on any atom is -0.469 e. The van der Waals surface area contributed by atoms with Crippen molar-refractivity contribution in [2.45, 2.75) is 20.3 Å². The molecule has 1 rings (SSSR count). The summed E-state index contributed by atoms with van der Waals surface area (Å²) in [5, 5.41) is 7.18. The molecule has 1 aliphatic rings. The summed E-state index contributed by atoms with van der Waals surface area (Å²) in [7, 11) is 1.44. The van der Waals surface area contributed by atoms with Gasteiger partial charge in [0.25, 0.3) is 0 Å². The fraction of sp³-hybridized carbons (Fsp3) is 0.750. The molecule has 1 N–H and O–H groups in total. The SMILES string of the molecule is COC(=O)C1CC1(C)C.O=C(O)Cl. The lowest BCUT2D eigenvalue weighted by Gasteiger charge is -1.98. The minimum absolute atomic E-state index is 0.0556. The zero-order chi connectivity index (χ0) is 10.6. The van der Waals surface area contributed by atoms with E-state index in [9.17, 15) is 4.79 Å². The molecule has 1 aliphatic carbocycles. The molecule has 1 atom stereocenters. The van der Waals surface area contributed by atoms with Gasteiger partial charge in [-0.1, -0.05) is 13.8 Å². The van der Waals surface area contributed by atoms with Crippen molar-refractivity contribution in [3.63, 3.8) is 0 Å². The number of esters is 1. The summed E-state index contributed by atoms with van der Waals surface area (Å²) >= 11 is 4.19. The van der Waals surface area contributed by atoms with Gasteiger partial charge in [0.1, 0.15) is 0 Å². The summed E-state index contributed by atoms with van der Waals surface area (Å²) in [4.78, 5) is 19.5. The Morgan fingerprint density at radius 3 is 1.92 bits per heavy atom. The summed E-state index contributed by atoms with van der Waals surface area (Å²) in [5.74, 6) is 0.113. The maximum absolute atomic E-state index is 10.8. The van der Waals surface area contributed by atoms with Crippen LogP contribution >= 0.6 is 11.6 Å². The Morgan fingerprint density at radius 2 is 1.85 bits per heavy atom. The Bertz CT molecular complexity index is 208. The van der Waals surface area contributed by atoms with Crippen molar-refractivity contribution in [2.24, 2.45) is 11.3 Å². The van der Waals surface area contributed by atoms with Crippen molar-refractivity contribution in [3.05, 3.63) is 0 Å². The highest BCUT2D eigenvalue weighted by Crippen LogP contribution is 2.51. The van der Waals surface area contributed by atoms with E-state index in [4.69, 9.17) is 9.90 Å². The van der Waals surface area contributed by atoms with Crippen molar-refractivity contribution in [1.82, 2.24) is 0 Å². The highest BCUT2D eigenvalue weighted by atomic mass is 35.5. The number of ether oxygens (including phenoxy) is 1. The van der Waals surface area contributed by atoms with E-state index in [0.29, 0.717) is 0 Å². The van der Waals surface area contributed by atoms with Gasteiger partial charge in [0.2, 0.25) is 0 Å². The number of carbonyl (C=O) groups excluding carboxylic acids is 1. The Hall–Kier alpha value is -0.770. The molecule has 0 aromatic carbocycles. The maximum Gasteiger partial charge on any atom is 0.401 e. The molecule has 0 aromatic rings. The van der Waals surface area contributed by atoms with E-state index in [1.54, 1.807) is 0 Å². The van der Waals surface area contributed by atoms with Crippen LogP contribution in [0.25, 0.3) is 0 Å². The molecule has 0 bridgehead atoms. The number of methoxy groups -OCH3 is 1. The molecule has 76 valence electrons. The second kappa shape index (κ2) is 4.46. The van der Waals surface area contributed by atoms with Gasteiger partial charge in [0.15, 0.2) is 0 Å². The summed E-state index contributed by atoms with van der Waals surface area (Å²) in [6, 6.07) is 0. The predicted octanol–water partition coefficient (Wildman–Crippen LogP) is 2.11. The largest absolute Gasteiger partial charge is 0.469 e. The topological polar surface area (TPSA) is 63.6 Å². The van der Waals surface area contributed by atoms with Crippen molar-refractivity contribution in [2.75, 3.05) is 7.11 Å². The molecule has 1 saturated carbocycles. The molecule has 0 saturated heterocycles. The number of carboxylic acid groups (broad SMARTS) is 1. The fourth-order valence-corrected chi connectivity index (χ4v) is 1.01. The smallest absolute Gasteiger partial charge is 0.401 e. The first-order valence-electron chi connectivity index (χ1n) is 3.77. The monoisotopic (exact) mass is 208 g/mol. The predicted molar refractivity (Wildman–Crippen MR) is 47.8 cm³/mol. The van der Waals surface area contributed by atoms with Gasteiger partial charge in [0.05, 0.1) is 13.0 Å². The molecule has 1 fully saturated rings. The van der Waals surface area contributed by atoms with Crippen LogP contribution < -0.4 is 0 Å². The maximum atomic E-state index is 10.8. The first-order chi connectivity index (χ1) is 5.81. The van der Waals surface area contributed by atoms with Gasteiger partial charge in [-0.25, -0.2) is 4.79 Å². The lowest BCUT2D eigenvalue weighted by molar-refractivity contribution is -0.142. The number of hydrogen-bond acceptors (Lipinski definition) is 3. The van der Waals surface area contributed by atoms with E-state index in [0.717, 1.165) is 6.42 Å². The van der Waals surface area contributed by atoms with Crippen LogP contribution in [-0.2, 0) is 9.53 Å². The van der Waals surface area contributed by atoms with E-state index in [2.05, 4.69) is 30.2 Å². The molecule has 4 nitrogen and oxygen atoms in total. The normalized spacial score (nSPS) is 22.3. The van der Waals surface area contributed by atoms with Crippen LogP contribution in [0.4, 0.5) is 4.79 Å². The number of carbonyl (C=O) groups is 2. The lowest BCUT2D eigenvalue weighted by Crippen LogP contribution is -2.06. The van der Waals surface area contributed by atoms with E-state index >= 15 is 0 Å². The average Bonchev–Trinajstić information content (AvgIpc) is 2.57. The van der Waals surface area contributed by atoms with Gasteiger partial charge in [-0.3, -0.25) is 4.79 Å². The zero-order valence-corrected chi connectivity index (χ0v) is 8.59. The molecule has 0 aliphatic heterocycles. The van der Waals surface area contributed by atoms with Crippen molar-refractivity contribution < 1.29 is 19.4 Å². The van der Waals surface area contributed by atoms with Crippen LogP contribution in [0, 0.1) is 11.3 Å². The standard InChI is InChI=1S/C7H12O2.CHClO2/c1-7(2)4-5(7)6(8)9-3;2-1(3)4/h5H,4H2,1-3H3;(H,3,4). The molecule has 1 unspecified atom stereocenters. The number of halogens is 1. The minimum atomic E-state index is -1.36. The van der Waals surface area contributed by atoms with E-state index < -0.39 is 5.43 Å².